The van der Waals surface area contributed by atoms with Crippen LogP contribution in [-0.2, 0) is 11.3 Å². The smallest absolute Gasteiger partial charge is 0.236 e. The van der Waals surface area contributed by atoms with Crippen LogP contribution in [0.25, 0.3) is 0 Å². The molecule has 5 heteroatoms. The first-order valence-electron chi connectivity index (χ1n) is 6.43. The Hall–Kier alpha value is -0.910. The minimum absolute atomic E-state index is 0.0237. The Morgan fingerprint density at radius 1 is 1.33 bits per heavy atom. The second-order valence-electron chi connectivity index (χ2n) is 4.13. The van der Waals surface area contributed by atoms with E-state index in [2.05, 4.69) is 24.8 Å². The van der Waals surface area contributed by atoms with Gasteiger partial charge in [0.05, 0.1) is 13.1 Å². The van der Waals surface area contributed by atoms with Crippen molar-refractivity contribution in [3.05, 3.63) is 22.4 Å². The summed E-state index contributed by atoms with van der Waals surface area (Å²) in [5.41, 5.74) is 5.47. The van der Waals surface area contributed by atoms with Crippen LogP contribution in [0.3, 0.4) is 0 Å². The third-order valence-electron chi connectivity index (χ3n) is 3.03. The number of thiophene rings is 1. The maximum Gasteiger partial charge on any atom is 0.236 e. The van der Waals surface area contributed by atoms with E-state index in [1.807, 2.05) is 16.3 Å². The molecule has 0 aliphatic heterocycles. The van der Waals surface area contributed by atoms with Gasteiger partial charge in [0.2, 0.25) is 5.91 Å². The number of amides is 1. The van der Waals surface area contributed by atoms with Crippen molar-refractivity contribution < 1.29 is 4.79 Å². The van der Waals surface area contributed by atoms with Gasteiger partial charge in [0.25, 0.3) is 0 Å². The number of rotatable bonds is 8. The van der Waals surface area contributed by atoms with E-state index in [-0.39, 0.29) is 12.5 Å². The van der Waals surface area contributed by atoms with Crippen LogP contribution in [0, 0.1) is 0 Å². The molecule has 1 heterocycles. The molecule has 0 saturated carbocycles. The number of carbonyl (C=O) groups is 1. The lowest BCUT2D eigenvalue weighted by Gasteiger charge is -2.25. The zero-order valence-electron chi connectivity index (χ0n) is 11.3. The summed E-state index contributed by atoms with van der Waals surface area (Å²) in [6.45, 7) is 8.72. The van der Waals surface area contributed by atoms with Crippen LogP contribution in [0.5, 0.6) is 0 Å². The molecule has 0 fully saturated rings. The molecule has 0 aromatic carbocycles. The molecule has 102 valence electrons. The highest BCUT2D eigenvalue weighted by Crippen LogP contribution is 2.11. The van der Waals surface area contributed by atoms with Gasteiger partial charge < -0.3 is 15.5 Å². The highest BCUT2D eigenvalue weighted by Gasteiger charge is 2.13. The van der Waals surface area contributed by atoms with Gasteiger partial charge >= 0.3 is 0 Å². The highest BCUT2D eigenvalue weighted by atomic mass is 32.1. The predicted octanol–water partition coefficient (Wildman–Crippen LogP) is 1.38. The largest absolute Gasteiger partial charge is 0.335 e. The maximum absolute atomic E-state index is 11.8. The zero-order valence-corrected chi connectivity index (χ0v) is 12.1. The molecule has 0 unspecified atom stereocenters. The minimum atomic E-state index is 0.0237. The number of carbonyl (C=O) groups excluding carboxylic acids is 1. The normalized spacial score (nSPS) is 10.9. The van der Waals surface area contributed by atoms with Gasteiger partial charge in [-0.05, 0) is 24.5 Å². The van der Waals surface area contributed by atoms with Gasteiger partial charge in [-0.1, -0.05) is 19.9 Å². The quantitative estimate of drug-likeness (QED) is 0.775. The van der Waals surface area contributed by atoms with Crippen LogP contribution < -0.4 is 5.73 Å². The second kappa shape index (κ2) is 8.24. The van der Waals surface area contributed by atoms with Gasteiger partial charge in [-0.3, -0.25) is 4.79 Å². The first kappa shape index (κ1) is 15.1. The molecule has 0 aliphatic rings. The molecular weight excluding hydrogens is 246 g/mol. The molecule has 1 rings (SSSR count). The number of hydrogen-bond acceptors (Lipinski definition) is 4. The summed E-state index contributed by atoms with van der Waals surface area (Å²) < 4.78 is 0. The lowest BCUT2D eigenvalue weighted by atomic mass is 10.3. The molecule has 0 bridgehead atoms. The lowest BCUT2D eigenvalue weighted by molar-refractivity contribution is -0.130. The van der Waals surface area contributed by atoms with Crippen molar-refractivity contribution in [2.24, 2.45) is 5.73 Å². The van der Waals surface area contributed by atoms with Crippen LogP contribution in [0.2, 0.25) is 0 Å². The summed E-state index contributed by atoms with van der Waals surface area (Å²) in [5.74, 6) is 0.0237. The van der Waals surface area contributed by atoms with E-state index in [9.17, 15) is 4.79 Å². The fourth-order valence-corrected chi connectivity index (χ4v) is 2.53. The molecule has 1 aromatic heterocycles. The Balaban J connectivity index is 2.53. The fourth-order valence-electron chi connectivity index (χ4n) is 1.81. The third-order valence-corrected chi connectivity index (χ3v) is 3.90. The van der Waals surface area contributed by atoms with Crippen molar-refractivity contribution in [2.45, 2.75) is 20.4 Å². The standard InChI is InChI=1S/C13H23N3OS/c1-3-15(4-2)7-8-16(13(17)10-14)11-12-6-5-9-18-12/h5-6,9H,3-4,7-8,10-11,14H2,1-2H3. The highest BCUT2D eigenvalue weighted by molar-refractivity contribution is 7.09. The van der Waals surface area contributed by atoms with Crippen LogP contribution in [0.1, 0.15) is 18.7 Å². The molecule has 0 spiro atoms. The van der Waals surface area contributed by atoms with Crippen molar-refractivity contribution >= 4 is 17.2 Å². The topological polar surface area (TPSA) is 49.6 Å². The van der Waals surface area contributed by atoms with Gasteiger partial charge in [-0.15, -0.1) is 11.3 Å². The summed E-state index contributed by atoms with van der Waals surface area (Å²) in [6.07, 6.45) is 0. The van der Waals surface area contributed by atoms with Crippen LogP contribution >= 0.6 is 11.3 Å². The molecule has 1 aromatic rings. The minimum Gasteiger partial charge on any atom is -0.335 e. The van der Waals surface area contributed by atoms with Crippen molar-refractivity contribution in [3.63, 3.8) is 0 Å². The Bertz CT molecular complexity index is 336. The molecule has 2 N–H and O–H groups in total. The van der Waals surface area contributed by atoms with E-state index in [0.717, 1.165) is 26.2 Å². The Kier molecular flexibility index (Phi) is 6.93. The average molecular weight is 269 g/mol. The number of likely N-dealkylation sites (N-methyl/N-ethyl adjacent to an activating group) is 1. The first-order chi connectivity index (χ1) is 8.71. The third kappa shape index (κ3) is 4.76. The molecule has 18 heavy (non-hydrogen) atoms. The molecule has 0 atom stereocenters. The van der Waals surface area contributed by atoms with E-state index in [4.69, 9.17) is 5.73 Å². The molecule has 0 radical (unpaired) electrons. The van der Waals surface area contributed by atoms with Gasteiger partial charge in [-0.25, -0.2) is 0 Å². The SMILES string of the molecule is CCN(CC)CCN(Cc1cccs1)C(=O)CN. The number of nitrogens with two attached hydrogens (primary N) is 1. The van der Waals surface area contributed by atoms with Crippen LogP contribution in [0.15, 0.2) is 17.5 Å². The summed E-state index contributed by atoms with van der Waals surface area (Å²) >= 11 is 1.68. The maximum atomic E-state index is 11.8. The monoisotopic (exact) mass is 269 g/mol. The molecule has 1 amide bonds. The average Bonchev–Trinajstić information content (AvgIpc) is 2.90. The van der Waals surface area contributed by atoms with E-state index in [1.54, 1.807) is 11.3 Å². The second-order valence-corrected chi connectivity index (χ2v) is 5.16. The molecular formula is C13H23N3OS. The van der Waals surface area contributed by atoms with E-state index in [1.165, 1.54) is 4.88 Å². The fraction of sp³-hybridized carbons (Fsp3) is 0.615. The molecule has 0 aliphatic carbocycles. The van der Waals surface area contributed by atoms with Gasteiger partial charge in [0.1, 0.15) is 0 Å². The zero-order chi connectivity index (χ0) is 13.4. The molecule has 0 saturated heterocycles. The van der Waals surface area contributed by atoms with E-state index in [0.29, 0.717) is 6.54 Å². The van der Waals surface area contributed by atoms with Crippen molar-refractivity contribution in [2.75, 3.05) is 32.7 Å². The van der Waals surface area contributed by atoms with Crippen molar-refractivity contribution in [1.29, 1.82) is 0 Å². The van der Waals surface area contributed by atoms with E-state index < -0.39 is 0 Å². The van der Waals surface area contributed by atoms with Gasteiger partial charge in [0.15, 0.2) is 0 Å². The predicted molar refractivity (Wildman–Crippen MR) is 76.6 cm³/mol. The van der Waals surface area contributed by atoms with Crippen molar-refractivity contribution in [1.82, 2.24) is 9.80 Å². The van der Waals surface area contributed by atoms with Crippen LogP contribution in [0.4, 0.5) is 0 Å². The van der Waals surface area contributed by atoms with Crippen molar-refractivity contribution in [3.8, 4) is 0 Å². The number of nitrogens with zero attached hydrogens (tertiary/aromatic N) is 2. The number of hydrogen-bond donors (Lipinski definition) is 1. The summed E-state index contributed by atoms with van der Waals surface area (Å²) in [7, 11) is 0. The lowest BCUT2D eigenvalue weighted by Crippen LogP contribution is -2.40. The first-order valence-corrected chi connectivity index (χ1v) is 7.31. The summed E-state index contributed by atoms with van der Waals surface area (Å²) in [5, 5.41) is 2.03. The Morgan fingerprint density at radius 2 is 2.06 bits per heavy atom. The van der Waals surface area contributed by atoms with Gasteiger partial charge in [-0.2, -0.15) is 0 Å². The Labute approximate surface area is 113 Å². The molecule has 4 nitrogen and oxygen atoms in total. The van der Waals surface area contributed by atoms with E-state index >= 15 is 0 Å². The van der Waals surface area contributed by atoms with Crippen LogP contribution in [-0.4, -0.2) is 48.4 Å². The van der Waals surface area contributed by atoms with Gasteiger partial charge in [0, 0.05) is 18.0 Å². The summed E-state index contributed by atoms with van der Waals surface area (Å²) in [4.78, 5) is 17.2. The summed E-state index contributed by atoms with van der Waals surface area (Å²) in [6, 6.07) is 4.06. The Morgan fingerprint density at radius 3 is 2.56 bits per heavy atom.